The molecule has 1 N–H and O–H groups in total. The van der Waals surface area contributed by atoms with Crippen LogP contribution in [0.2, 0.25) is 0 Å². The summed E-state index contributed by atoms with van der Waals surface area (Å²) in [6.45, 7) is 2.13. The topological polar surface area (TPSA) is 51.0 Å². The summed E-state index contributed by atoms with van der Waals surface area (Å²) in [5.74, 6) is 4.36. The molecule has 16 heavy (non-hydrogen) atoms. The summed E-state index contributed by atoms with van der Waals surface area (Å²) in [6, 6.07) is 0.507. The molecular weight excluding hydrogens is 222 g/mol. The third-order valence-electron chi connectivity index (χ3n) is 2.90. The van der Waals surface area contributed by atoms with E-state index in [1.54, 1.807) is 0 Å². The molecule has 1 heterocycles. The summed E-state index contributed by atoms with van der Waals surface area (Å²) < 4.78 is 5.26. The molecule has 1 aliphatic rings. The highest BCUT2D eigenvalue weighted by Crippen LogP contribution is 2.33. The van der Waals surface area contributed by atoms with Gasteiger partial charge in [0.15, 0.2) is 5.82 Å². The Kier molecular flexibility index (Phi) is 4.23. The lowest BCUT2D eigenvalue weighted by Crippen LogP contribution is -2.29. The molecule has 1 saturated carbocycles. The molecule has 1 fully saturated rings. The summed E-state index contributed by atoms with van der Waals surface area (Å²) in [4.78, 5) is 4.41. The van der Waals surface area contributed by atoms with Gasteiger partial charge in [-0.05, 0) is 31.6 Å². The van der Waals surface area contributed by atoms with Crippen molar-refractivity contribution in [2.24, 2.45) is 5.92 Å². The summed E-state index contributed by atoms with van der Waals surface area (Å²) in [5.41, 5.74) is 0. The zero-order valence-corrected chi connectivity index (χ0v) is 10.7. The number of aromatic nitrogens is 2. The van der Waals surface area contributed by atoms with Gasteiger partial charge in [-0.3, -0.25) is 0 Å². The van der Waals surface area contributed by atoms with E-state index in [0.717, 1.165) is 35.6 Å². The first-order valence-electron chi connectivity index (χ1n) is 5.90. The molecule has 90 valence electrons. The molecule has 1 aromatic heterocycles. The second kappa shape index (κ2) is 5.68. The number of thioether (sulfide) groups is 1. The van der Waals surface area contributed by atoms with E-state index in [2.05, 4.69) is 22.4 Å². The molecule has 1 aliphatic carbocycles. The van der Waals surface area contributed by atoms with Crippen molar-refractivity contribution < 1.29 is 4.52 Å². The number of rotatable bonds is 7. The van der Waals surface area contributed by atoms with Crippen LogP contribution < -0.4 is 5.32 Å². The highest BCUT2D eigenvalue weighted by atomic mass is 32.2. The van der Waals surface area contributed by atoms with Crippen molar-refractivity contribution in [2.45, 2.75) is 38.0 Å². The molecule has 5 heteroatoms. The van der Waals surface area contributed by atoms with Crippen molar-refractivity contribution in [1.82, 2.24) is 15.5 Å². The van der Waals surface area contributed by atoms with Gasteiger partial charge in [0, 0.05) is 12.5 Å². The second-order valence-electron chi connectivity index (χ2n) is 4.18. The average molecular weight is 241 g/mol. The van der Waals surface area contributed by atoms with Crippen molar-refractivity contribution in [3.63, 3.8) is 0 Å². The maximum atomic E-state index is 5.26. The van der Waals surface area contributed by atoms with Crippen molar-refractivity contribution in [2.75, 3.05) is 12.8 Å². The molecule has 1 aromatic rings. The largest absolute Gasteiger partial charge is 0.339 e. The van der Waals surface area contributed by atoms with Crippen molar-refractivity contribution in [1.29, 1.82) is 0 Å². The molecule has 1 unspecified atom stereocenters. The molecule has 1 atom stereocenters. The van der Waals surface area contributed by atoms with Crippen molar-refractivity contribution >= 4 is 11.8 Å². The third-order valence-corrected chi connectivity index (χ3v) is 3.77. The third kappa shape index (κ3) is 3.22. The van der Waals surface area contributed by atoms with Crippen LogP contribution in [0.25, 0.3) is 0 Å². The first kappa shape index (κ1) is 11.9. The monoisotopic (exact) mass is 241 g/mol. The SMILES string of the molecule is CCSCc1noc(CC(NC)C2CC2)n1. The van der Waals surface area contributed by atoms with E-state index >= 15 is 0 Å². The highest BCUT2D eigenvalue weighted by molar-refractivity contribution is 7.98. The number of hydrogen-bond donors (Lipinski definition) is 1. The van der Waals surface area contributed by atoms with Crippen LogP contribution in [0.1, 0.15) is 31.5 Å². The van der Waals surface area contributed by atoms with Crippen LogP contribution in [0.5, 0.6) is 0 Å². The molecule has 0 saturated heterocycles. The van der Waals surface area contributed by atoms with Crippen LogP contribution in [0.3, 0.4) is 0 Å². The molecule has 0 spiro atoms. The molecular formula is C11H19N3OS. The van der Waals surface area contributed by atoms with Gasteiger partial charge in [0.1, 0.15) is 0 Å². The summed E-state index contributed by atoms with van der Waals surface area (Å²) in [5, 5.41) is 7.32. The van der Waals surface area contributed by atoms with Gasteiger partial charge in [-0.15, -0.1) is 0 Å². The molecule has 0 aliphatic heterocycles. The van der Waals surface area contributed by atoms with Gasteiger partial charge >= 0.3 is 0 Å². The standard InChI is InChI=1S/C11H19N3OS/c1-3-16-7-10-13-11(15-14-10)6-9(12-2)8-4-5-8/h8-9,12H,3-7H2,1-2H3. The van der Waals surface area contributed by atoms with Crippen LogP contribution in [0.15, 0.2) is 4.52 Å². The zero-order chi connectivity index (χ0) is 11.4. The van der Waals surface area contributed by atoms with E-state index in [1.807, 2.05) is 18.8 Å². The van der Waals surface area contributed by atoms with E-state index in [-0.39, 0.29) is 0 Å². The first-order chi connectivity index (χ1) is 7.83. The molecule has 0 amide bonds. The Bertz CT molecular complexity index is 325. The molecule has 0 bridgehead atoms. The Morgan fingerprint density at radius 3 is 3.00 bits per heavy atom. The van der Waals surface area contributed by atoms with Gasteiger partial charge in [0.25, 0.3) is 0 Å². The van der Waals surface area contributed by atoms with Gasteiger partial charge in [0.2, 0.25) is 5.89 Å². The molecule has 0 radical (unpaired) electrons. The van der Waals surface area contributed by atoms with Gasteiger partial charge in [-0.1, -0.05) is 12.1 Å². The minimum atomic E-state index is 0.507. The van der Waals surface area contributed by atoms with E-state index in [1.165, 1.54) is 12.8 Å². The maximum Gasteiger partial charge on any atom is 0.228 e. The summed E-state index contributed by atoms with van der Waals surface area (Å²) >= 11 is 1.82. The van der Waals surface area contributed by atoms with Crippen LogP contribution in [-0.2, 0) is 12.2 Å². The minimum Gasteiger partial charge on any atom is -0.339 e. The van der Waals surface area contributed by atoms with Gasteiger partial charge < -0.3 is 9.84 Å². The maximum absolute atomic E-state index is 5.26. The fourth-order valence-electron chi connectivity index (χ4n) is 1.82. The minimum absolute atomic E-state index is 0.507. The van der Waals surface area contributed by atoms with Crippen molar-refractivity contribution in [3.05, 3.63) is 11.7 Å². The Labute approximate surface area is 101 Å². The lowest BCUT2D eigenvalue weighted by atomic mass is 10.1. The van der Waals surface area contributed by atoms with E-state index in [0.29, 0.717) is 6.04 Å². The van der Waals surface area contributed by atoms with E-state index < -0.39 is 0 Å². The van der Waals surface area contributed by atoms with Gasteiger partial charge in [-0.2, -0.15) is 16.7 Å². The van der Waals surface area contributed by atoms with Crippen LogP contribution in [0, 0.1) is 5.92 Å². The van der Waals surface area contributed by atoms with Crippen LogP contribution in [0.4, 0.5) is 0 Å². The fraction of sp³-hybridized carbons (Fsp3) is 0.818. The summed E-state index contributed by atoms with van der Waals surface area (Å²) in [6.07, 6.45) is 3.53. The highest BCUT2D eigenvalue weighted by Gasteiger charge is 2.31. The first-order valence-corrected chi connectivity index (χ1v) is 7.05. The second-order valence-corrected chi connectivity index (χ2v) is 5.45. The Hall–Kier alpha value is -0.550. The smallest absolute Gasteiger partial charge is 0.228 e. The Balaban J connectivity index is 1.85. The van der Waals surface area contributed by atoms with Gasteiger partial charge in [0.05, 0.1) is 5.75 Å². The fourth-order valence-corrected chi connectivity index (χ4v) is 2.32. The van der Waals surface area contributed by atoms with E-state index in [9.17, 15) is 0 Å². The predicted octanol–water partition coefficient (Wildman–Crippen LogP) is 1.86. The molecule has 0 aromatic carbocycles. The lowest BCUT2D eigenvalue weighted by Gasteiger charge is -2.11. The van der Waals surface area contributed by atoms with Crippen LogP contribution in [-0.4, -0.2) is 29.0 Å². The Morgan fingerprint density at radius 1 is 1.56 bits per heavy atom. The number of nitrogens with one attached hydrogen (secondary N) is 1. The lowest BCUT2D eigenvalue weighted by molar-refractivity contribution is 0.349. The van der Waals surface area contributed by atoms with E-state index in [4.69, 9.17) is 4.52 Å². The number of hydrogen-bond acceptors (Lipinski definition) is 5. The zero-order valence-electron chi connectivity index (χ0n) is 9.90. The molecule has 2 rings (SSSR count). The van der Waals surface area contributed by atoms with Crippen LogP contribution >= 0.6 is 11.8 Å². The normalized spacial score (nSPS) is 17.6. The van der Waals surface area contributed by atoms with Gasteiger partial charge in [-0.25, -0.2) is 0 Å². The number of nitrogens with zero attached hydrogens (tertiary/aromatic N) is 2. The number of likely N-dealkylation sites (N-methyl/N-ethyl adjacent to an activating group) is 1. The molecule has 4 nitrogen and oxygen atoms in total. The summed E-state index contributed by atoms with van der Waals surface area (Å²) in [7, 11) is 2.01. The predicted molar refractivity (Wildman–Crippen MR) is 65.4 cm³/mol. The van der Waals surface area contributed by atoms with Crippen molar-refractivity contribution in [3.8, 4) is 0 Å². The average Bonchev–Trinajstić information content (AvgIpc) is 3.04. The quantitative estimate of drug-likeness (QED) is 0.789. The Morgan fingerprint density at radius 2 is 2.38 bits per heavy atom.